The summed E-state index contributed by atoms with van der Waals surface area (Å²) < 4.78 is 15.7. The number of nitrogens with one attached hydrogen (secondary N) is 1. The van der Waals surface area contributed by atoms with E-state index < -0.39 is 23.9 Å². The first-order valence-corrected chi connectivity index (χ1v) is 7.23. The second kappa shape index (κ2) is 6.23. The summed E-state index contributed by atoms with van der Waals surface area (Å²) in [5.74, 6) is -1.71. The number of hydrogen-bond donors (Lipinski definition) is 2. The highest BCUT2D eigenvalue weighted by Gasteiger charge is 2.36. The van der Waals surface area contributed by atoms with E-state index in [1.807, 2.05) is 0 Å². The smallest absolute Gasteiger partial charge is 0.344 e. The summed E-state index contributed by atoms with van der Waals surface area (Å²) in [7, 11) is 2.85. The zero-order valence-corrected chi connectivity index (χ0v) is 13.4. The van der Waals surface area contributed by atoms with Crippen molar-refractivity contribution in [2.24, 2.45) is 0 Å². The third kappa shape index (κ3) is 2.78. The number of methoxy groups -OCH3 is 2. The Kier molecular flexibility index (Phi) is 4.10. The van der Waals surface area contributed by atoms with Gasteiger partial charge in [0.15, 0.2) is 11.5 Å². The number of carbonyl (C=O) groups is 2. The fourth-order valence-electron chi connectivity index (χ4n) is 2.68. The third-order valence-corrected chi connectivity index (χ3v) is 3.80. The zero-order valence-electron chi connectivity index (χ0n) is 13.4. The lowest BCUT2D eigenvalue weighted by atomic mass is 10.1. The predicted octanol–water partition coefficient (Wildman–Crippen LogP) is 1.76. The molecule has 0 fully saturated rings. The molecule has 0 spiro atoms. The molecule has 130 valence electrons. The summed E-state index contributed by atoms with van der Waals surface area (Å²) in [4.78, 5) is 23.5. The number of aromatic carboxylic acids is 1. The van der Waals surface area contributed by atoms with Gasteiger partial charge in [0.2, 0.25) is 6.23 Å². The monoisotopic (exact) mass is 344 g/mol. The Morgan fingerprint density at radius 1 is 1.24 bits per heavy atom. The molecule has 25 heavy (non-hydrogen) atoms. The lowest BCUT2D eigenvalue weighted by Gasteiger charge is -2.18. The topological polar surface area (TPSA) is 117 Å². The van der Waals surface area contributed by atoms with Crippen LogP contribution in [0.1, 0.15) is 32.5 Å². The summed E-state index contributed by atoms with van der Waals surface area (Å²) in [6.45, 7) is 0. The maximum absolute atomic E-state index is 12.2. The van der Waals surface area contributed by atoms with Crippen LogP contribution in [0.25, 0.3) is 0 Å². The molecule has 0 radical (unpaired) electrons. The SMILES string of the molecule is COc1ccc2c(c1OC)C(=O)O[C@H]2Nc1ccc([O-])cc1C(=O)O. The fraction of sp³-hybridized carbons (Fsp3) is 0.176. The van der Waals surface area contributed by atoms with E-state index in [0.717, 1.165) is 6.07 Å². The van der Waals surface area contributed by atoms with Crippen LogP contribution in [0, 0.1) is 0 Å². The number of benzene rings is 2. The van der Waals surface area contributed by atoms with Crippen molar-refractivity contribution in [1.29, 1.82) is 0 Å². The maximum Gasteiger partial charge on any atom is 0.344 e. The van der Waals surface area contributed by atoms with Gasteiger partial charge >= 0.3 is 11.9 Å². The number of fused-ring (bicyclic) bond motifs is 1. The molecule has 1 aliphatic rings. The number of carboxylic acid groups (broad SMARTS) is 1. The molecule has 0 aliphatic carbocycles. The molecule has 0 unspecified atom stereocenters. The minimum absolute atomic E-state index is 0.160. The van der Waals surface area contributed by atoms with Crippen LogP contribution in [0.5, 0.6) is 17.2 Å². The molecule has 2 aromatic carbocycles. The van der Waals surface area contributed by atoms with E-state index in [9.17, 15) is 19.8 Å². The lowest BCUT2D eigenvalue weighted by Crippen LogP contribution is -2.13. The van der Waals surface area contributed by atoms with Gasteiger partial charge < -0.3 is 29.7 Å². The van der Waals surface area contributed by atoms with Crippen LogP contribution in [0.4, 0.5) is 5.69 Å². The van der Waals surface area contributed by atoms with Gasteiger partial charge in [-0.15, -0.1) is 5.75 Å². The molecule has 0 saturated heterocycles. The van der Waals surface area contributed by atoms with Crippen LogP contribution in [0.15, 0.2) is 30.3 Å². The van der Waals surface area contributed by atoms with E-state index in [1.165, 1.54) is 26.4 Å². The van der Waals surface area contributed by atoms with Gasteiger partial charge in [-0.2, -0.15) is 0 Å². The van der Waals surface area contributed by atoms with Gasteiger partial charge in [0, 0.05) is 5.56 Å². The number of cyclic esters (lactones) is 1. The summed E-state index contributed by atoms with van der Waals surface area (Å²) >= 11 is 0. The second-order valence-corrected chi connectivity index (χ2v) is 5.21. The van der Waals surface area contributed by atoms with Crippen molar-refractivity contribution >= 4 is 17.6 Å². The van der Waals surface area contributed by atoms with Crippen molar-refractivity contribution in [3.63, 3.8) is 0 Å². The molecule has 2 aromatic rings. The Morgan fingerprint density at radius 2 is 2.00 bits per heavy atom. The first-order chi connectivity index (χ1) is 12.0. The average molecular weight is 344 g/mol. The van der Waals surface area contributed by atoms with E-state index in [1.54, 1.807) is 12.1 Å². The molecule has 0 bridgehead atoms. The Morgan fingerprint density at radius 3 is 2.64 bits per heavy atom. The minimum Gasteiger partial charge on any atom is -0.872 e. The number of rotatable bonds is 5. The van der Waals surface area contributed by atoms with Crippen molar-refractivity contribution in [2.45, 2.75) is 6.23 Å². The third-order valence-electron chi connectivity index (χ3n) is 3.80. The summed E-state index contributed by atoms with van der Waals surface area (Å²) in [5, 5.41) is 23.5. The van der Waals surface area contributed by atoms with Crippen molar-refractivity contribution in [3.05, 3.63) is 47.0 Å². The van der Waals surface area contributed by atoms with E-state index in [0.29, 0.717) is 11.3 Å². The molecule has 0 amide bonds. The predicted molar refractivity (Wildman–Crippen MR) is 84.2 cm³/mol. The molecule has 1 atom stereocenters. The molecule has 3 rings (SSSR count). The molecule has 0 saturated carbocycles. The van der Waals surface area contributed by atoms with E-state index >= 15 is 0 Å². The van der Waals surface area contributed by atoms with Crippen LogP contribution >= 0.6 is 0 Å². The second-order valence-electron chi connectivity index (χ2n) is 5.21. The number of anilines is 1. The number of carbonyl (C=O) groups excluding carboxylic acids is 1. The quantitative estimate of drug-likeness (QED) is 0.788. The number of ether oxygens (including phenoxy) is 3. The van der Waals surface area contributed by atoms with Crippen molar-refractivity contribution in [1.82, 2.24) is 0 Å². The zero-order chi connectivity index (χ0) is 18.1. The fourth-order valence-corrected chi connectivity index (χ4v) is 2.68. The largest absolute Gasteiger partial charge is 0.872 e. The van der Waals surface area contributed by atoms with Crippen molar-refractivity contribution < 1.29 is 34.0 Å². The summed E-state index contributed by atoms with van der Waals surface area (Å²) in [6.07, 6.45) is -0.919. The highest BCUT2D eigenvalue weighted by molar-refractivity contribution is 5.99. The van der Waals surface area contributed by atoms with E-state index in [2.05, 4.69) is 5.32 Å². The van der Waals surface area contributed by atoms with Gasteiger partial charge in [0.25, 0.3) is 0 Å². The Bertz CT molecular complexity index is 862. The van der Waals surface area contributed by atoms with Crippen LogP contribution in [0.3, 0.4) is 0 Å². The Labute approximate surface area is 142 Å². The Balaban J connectivity index is 2.01. The summed E-state index contributed by atoms with van der Waals surface area (Å²) in [5.41, 5.74) is 0.631. The molecule has 2 N–H and O–H groups in total. The van der Waals surface area contributed by atoms with Gasteiger partial charge in [-0.25, -0.2) is 9.59 Å². The molecule has 8 heteroatoms. The normalized spacial score (nSPS) is 15.3. The standard InChI is InChI=1S/C17H15NO7/c1-23-12-6-4-9-13(14(12)24-2)17(22)25-15(9)18-11-5-3-8(19)7-10(11)16(20)21/h3-7,15,18-19H,1-2H3,(H,20,21)/p-1/t15-/m1/s1. The van der Waals surface area contributed by atoms with Gasteiger partial charge in [0.1, 0.15) is 5.56 Å². The van der Waals surface area contributed by atoms with Gasteiger partial charge in [-0.3, -0.25) is 0 Å². The van der Waals surface area contributed by atoms with Gasteiger partial charge in [0.05, 0.1) is 25.5 Å². The molecule has 8 nitrogen and oxygen atoms in total. The molecule has 1 heterocycles. The summed E-state index contributed by atoms with van der Waals surface area (Å²) in [6, 6.07) is 6.80. The lowest BCUT2D eigenvalue weighted by molar-refractivity contribution is -0.268. The number of carboxylic acids is 1. The van der Waals surface area contributed by atoms with E-state index in [4.69, 9.17) is 14.2 Å². The molecular formula is C17H14NO7-. The Hall–Kier alpha value is -3.42. The van der Waals surface area contributed by atoms with Gasteiger partial charge in [-0.05, 0) is 18.2 Å². The van der Waals surface area contributed by atoms with Crippen LogP contribution < -0.4 is 19.9 Å². The molecule has 1 aliphatic heterocycles. The number of hydrogen-bond acceptors (Lipinski definition) is 7. The number of esters is 1. The van der Waals surface area contributed by atoms with Gasteiger partial charge in [-0.1, -0.05) is 12.1 Å². The molecular weight excluding hydrogens is 330 g/mol. The van der Waals surface area contributed by atoms with Crippen molar-refractivity contribution in [2.75, 3.05) is 19.5 Å². The average Bonchev–Trinajstić information content (AvgIpc) is 2.91. The first-order valence-electron chi connectivity index (χ1n) is 7.23. The maximum atomic E-state index is 12.2. The van der Waals surface area contributed by atoms with Crippen LogP contribution in [0.2, 0.25) is 0 Å². The highest BCUT2D eigenvalue weighted by atomic mass is 16.6. The highest BCUT2D eigenvalue weighted by Crippen LogP contribution is 2.42. The first kappa shape index (κ1) is 16.4. The van der Waals surface area contributed by atoms with Crippen LogP contribution in [-0.4, -0.2) is 31.3 Å². The van der Waals surface area contributed by atoms with Crippen LogP contribution in [-0.2, 0) is 4.74 Å². The minimum atomic E-state index is -1.27. The van der Waals surface area contributed by atoms with E-state index in [-0.39, 0.29) is 22.6 Å². The van der Waals surface area contributed by atoms with Crippen molar-refractivity contribution in [3.8, 4) is 17.2 Å². The molecule has 0 aromatic heterocycles.